The van der Waals surface area contributed by atoms with Crippen LogP contribution in [0.2, 0.25) is 0 Å². The van der Waals surface area contributed by atoms with E-state index >= 15 is 0 Å². The first-order valence-electron chi connectivity index (χ1n) is 10.0. The summed E-state index contributed by atoms with van der Waals surface area (Å²) in [7, 11) is -0.692. The predicted molar refractivity (Wildman–Crippen MR) is 113 cm³/mol. The van der Waals surface area contributed by atoms with Gasteiger partial charge in [0.15, 0.2) is 6.29 Å². The molecule has 1 fully saturated rings. The molecule has 1 atom stereocenters. The highest BCUT2D eigenvalue weighted by molar-refractivity contribution is 6.64. The van der Waals surface area contributed by atoms with Gasteiger partial charge in [0.2, 0.25) is 0 Å². The number of rotatable bonds is 8. The van der Waals surface area contributed by atoms with Crippen LogP contribution in [0.5, 0.6) is 5.75 Å². The zero-order chi connectivity index (χ0) is 21.1. The van der Waals surface area contributed by atoms with Gasteiger partial charge in [0, 0.05) is 17.4 Å². The Morgan fingerprint density at radius 3 is 2.24 bits per heavy atom. The fourth-order valence-electron chi connectivity index (χ4n) is 3.12. The van der Waals surface area contributed by atoms with Crippen molar-refractivity contribution in [1.82, 2.24) is 0 Å². The van der Waals surface area contributed by atoms with Gasteiger partial charge in [0.25, 0.3) is 0 Å². The highest BCUT2D eigenvalue weighted by Crippen LogP contribution is 2.37. The number of hydrogen-bond acceptors (Lipinski definition) is 5. The van der Waals surface area contributed by atoms with Crippen molar-refractivity contribution in [3.05, 3.63) is 59.7 Å². The van der Waals surface area contributed by atoms with Gasteiger partial charge < -0.3 is 18.8 Å². The maximum Gasteiger partial charge on any atom is 0.499 e. The lowest BCUT2D eigenvalue weighted by molar-refractivity contribution is -0.0901. The van der Waals surface area contributed by atoms with Crippen molar-refractivity contribution in [3.8, 4) is 5.75 Å². The second-order valence-electron chi connectivity index (χ2n) is 8.22. The molecular formula is C23H29BO5. The average Bonchev–Trinajstić information content (AvgIpc) is 2.92. The minimum Gasteiger partial charge on any atom is -0.465 e. The number of benzene rings is 2. The molecule has 0 aromatic heterocycles. The third-order valence-corrected chi connectivity index (χ3v) is 5.59. The van der Waals surface area contributed by atoms with Crippen molar-refractivity contribution in [1.29, 1.82) is 0 Å². The van der Waals surface area contributed by atoms with Gasteiger partial charge in [-0.15, -0.1) is 0 Å². The molecule has 1 heterocycles. The molecule has 0 N–H and O–H groups in total. The predicted octanol–water partition coefficient (Wildman–Crippen LogP) is 4.13. The second kappa shape index (κ2) is 8.70. The maximum atomic E-state index is 11.7. The molecule has 5 nitrogen and oxygen atoms in total. The van der Waals surface area contributed by atoms with E-state index in [1.807, 2.05) is 71.0 Å². The lowest BCUT2D eigenvalue weighted by Crippen LogP contribution is -2.41. The molecule has 1 unspecified atom stereocenters. The van der Waals surface area contributed by atoms with Gasteiger partial charge >= 0.3 is 7.12 Å². The quantitative estimate of drug-likeness (QED) is 0.382. The zero-order valence-corrected chi connectivity index (χ0v) is 17.8. The lowest BCUT2D eigenvalue weighted by atomic mass is 9.75. The maximum absolute atomic E-state index is 11.7. The summed E-state index contributed by atoms with van der Waals surface area (Å²) in [6.07, 6.45) is 0.998. The van der Waals surface area contributed by atoms with Crippen molar-refractivity contribution >= 4 is 18.9 Å². The Morgan fingerprint density at radius 1 is 1.00 bits per heavy atom. The minimum absolute atomic E-state index is 0.443. The Bertz CT molecular complexity index is 818. The van der Waals surface area contributed by atoms with E-state index in [2.05, 4.69) is 0 Å². The molecule has 0 spiro atoms. The number of aldehydes is 1. The topological polar surface area (TPSA) is 54.0 Å². The Labute approximate surface area is 173 Å². The van der Waals surface area contributed by atoms with E-state index in [9.17, 15) is 4.79 Å². The van der Waals surface area contributed by atoms with E-state index in [0.717, 1.165) is 11.8 Å². The summed E-state index contributed by atoms with van der Waals surface area (Å²) in [6, 6.07) is 15.3. The fourth-order valence-corrected chi connectivity index (χ4v) is 3.12. The number of carbonyl (C=O) groups excluding carboxylic acids is 1. The summed E-state index contributed by atoms with van der Waals surface area (Å²) in [6.45, 7) is 10.4. The minimum atomic E-state index is -0.692. The van der Waals surface area contributed by atoms with Crippen LogP contribution in [-0.2, 0) is 20.7 Å². The standard InChI is InChI=1S/C23H29BO5/c1-6-20(26-16-17-11-8-7-9-12-17)27-19-14-10-13-18(15-25)21(19)24-28-22(2,3)23(4,5)29-24/h7-15,20H,6,16H2,1-5H3. The Hall–Kier alpha value is -2.15. The average molecular weight is 396 g/mol. The largest absolute Gasteiger partial charge is 0.499 e. The van der Waals surface area contributed by atoms with Gasteiger partial charge in [-0.2, -0.15) is 0 Å². The first-order chi connectivity index (χ1) is 13.8. The zero-order valence-electron chi connectivity index (χ0n) is 17.8. The second-order valence-corrected chi connectivity index (χ2v) is 8.22. The van der Waals surface area contributed by atoms with Crippen molar-refractivity contribution in [2.75, 3.05) is 0 Å². The van der Waals surface area contributed by atoms with Gasteiger partial charge in [-0.1, -0.05) is 49.4 Å². The van der Waals surface area contributed by atoms with E-state index in [4.69, 9.17) is 18.8 Å². The van der Waals surface area contributed by atoms with E-state index in [0.29, 0.717) is 29.8 Å². The third-order valence-electron chi connectivity index (χ3n) is 5.59. The van der Waals surface area contributed by atoms with Crippen LogP contribution in [0, 0.1) is 0 Å². The molecule has 0 aliphatic carbocycles. The van der Waals surface area contributed by atoms with Gasteiger partial charge in [-0.05, 0) is 39.3 Å². The van der Waals surface area contributed by atoms with E-state index < -0.39 is 24.6 Å². The molecule has 0 bridgehead atoms. The van der Waals surface area contributed by atoms with Crippen LogP contribution < -0.4 is 10.2 Å². The van der Waals surface area contributed by atoms with E-state index in [-0.39, 0.29) is 0 Å². The first kappa shape index (κ1) is 21.6. The van der Waals surface area contributed by atoms with Crippen LogP contribution in [0.3, 0.4) is 0 Å². The molecular weight excluding hydrogens is 367 g/mol. The summed E-state index contributed by atoms with van der Waals surface area (Å²) in [5, 5.41) is 0. The number of ether oxygens (including phenoxy) is 2. The van der Waals surface area contributed by atoms with Crippen LogP contribution in [0.15, 0.2) is 48.5 Å². The van der Waals surface area contributed by atoms with Crippen LogP contribution in [0.25, 0.3) is 0 Å². The van der Waals surface area contributed by atoms with Crippen molar-refractivity contribution in [3.63, 3.8) is 0 Å². The molecule has 1 saturated heterocycles. The molecule has 6 heteroatoms. The Morgan fingerprint density at radius 2 is 1.66 bits per heavy atom. The molecule has 0 saturated carbocycles. The van der Waals surface area contributed by atoms with Gasteiger partial charge in [-0.3, -0.25) is 4.79 Å². The molecule has 1 aliphatic rings. The highest BCUT2D eigenvalue weighted by Gasteiger charge is 2.53. The molecule has 1 aliphatic heterocycles. The normalized spacial score (nSPS) is 18.4. The molecule has 154 valence electrons. The van der Waals surface area contributed by atoms with E-state index in [1.54, 1.807) is 12.1 Å². The van der Waals surface area contributed by atoms with E-state index in [1.165, 1.54) is 0 Å². The Balaban J connectivity index is 1.83. The van der Waals surface area contributed by atoms with Crippen LogP contribution in [-0.4, -0.2) is 30.9 Å². The molecule has 0 amide bonds. The van der Waals surface area contributed by atoms with Crippen molar-refractivity contribution in [2.45, 2.75) is 65.1 Å². The van der Waals surface area contributed by atoms with Crippen molar-refractivity contribution in [2.24, 2.45) is 0 Å². The van der Waals surface area contributed by atoms with Gasteiger partial charge in [0.05, 0.1) is 17.8 Å². The lowest BCUT2D eigenvalue weighted by Gasteiger charge is -2.32. The first-order valence-corrected chi connectivity index (χ1v) is 10.0. The summed E-state index contributed by atoms with van der Waals surface area (Å²) in [4.78, 5) is 11.7. The number of hydrogen-bond donors (Lipinski definition) is 0. The SMILES string of the molecule is CCC(OCc1ccccc1)Oc1cccc(C=O)c1B1OC(C)(C)C(C)(C)O1. The summed E-state index contributed by atoms with van der Waals surface area (Å²) >= 11 is 0. The monoisotopic (exact) mass is 396 g/mol. The fraction of sp³-hybridized carbons (Fsp3) is 0.435. The van der Waals surface area contributed by atoms with Gasteiger partial charge in [0.1, 0.15) is 12.0 Å². The molecule has 2 aromatic carbocycles. The van der Waals surface area contributed by atoms with Crippen LogP contribution in [0.1, 0.15) is 57.0 Å². The summed E-state index contributed by atoms with van der Waals surface area (Å²) in [5.41, 5.74) is 1.13. The molecule has 0 radical (unpaired) electrons. The number of carbonyl (C=O) groups is 1. The molecule has 29 heavy (non-hydrogen) atoms. The van der Waals surface area contributed by atoms with Crippen LogP contribution in [0.4, 0.5) is 0 Å². The van der Waals surface area contributed by atoms with Gasteiger partial charge in [-0.25, -0.2) is 0 Å². The van der Waals surface area contributed by atoms with Crippen LogP contribution >= 0.6 is 0 Å². The summed E-state index contributed by atoms with van der Waals surface area (Å²) in [5.74, 6) is 0.535. The molecule has 2 aromatic rings. The third kappa shape index (κ3) is 4.72. The summed E-state index contributed by atoms with van der Waals surface area (Å²) < 4.78 is 24.5. The smallest absolute Gasteiger partial charge is 0.465 e. The molecule has 3 rings (SSSR count). The van der Waals surface area contributed by atoms with Crippen molar-refractivity contribution < 1.29 is 23.6 Å². The Kier molecular flexibility index (Phi) is 6.47. The highest BCUT2D eigenvalue weighted by atomic mass is 16.7.